The van der Waals surface area contributed by atoms with E-state index in [1.165, 1.54) is 16.9 Å². The second kappa shape index (κ2) is 5.93. The summed E-state index contributed by atoms with van der Waals surface area (Å²) in [6.45, 7) is 0.641. The van der Waals surface area contributed by atoms with Crippen molar-refractivity contribution < 1.29 is 13.9 Å². The maximum Gasteiger partial charge on any atom is 0.287 e. The molecule has 0 saturated carbocycles. The van der Waals surface area contributed by atoms with Crippen molar-refractivity contribution in [2.45, 2.75) is 12.1 Å². The molecule has 3 aromatic rings. The van der Waals surface area contributed by atoms with Gasteiger partial charge in [0.05, 0.1) is 19.3 Å². The average molecular weight is 325 g/mol. The van der Waals surface area contributed by atoms with Gasteiger partial charge in [0.1, 0.15) is 11.6 Å². The third kappa shape index (κ3) is 2.59. The highest BCUT2D eigenvalue weighted by atomic mass is 16.5. The van der Waals surface area contributed by atoms with E-state index < -0.39 is 0 Å². The van der Waals surface area contributed by atoms with Crippen molar-refractivity contribution in [1.82, 2.24) is 15.1 Å². The number of nitrogens with one attached hydrogen (secondary N) is 1. The molecular formula is C17H15N3O4. The number of fused-ring (bicyclic) bond motifs is 1. The fourth-order valence-electron chi connectivity index (χ4n) is 2.87. The minimum Gasteiger partial charge on any atom is -0.451 e. The Kier molecular flexibility index (Phi) is 3.62. The van der Waals surface area contributed by atoms with Crippen LogP contribution in [0.4, 0.5) is 0 Å². The highest BCUT2D eigenvalue weighted by Crippen LogP contribution is 2.21. The fourth-order valence-corrected chi connectivity index (χ4v) is 2.87. The van der Waals surface area contributed by atoms with Crippen LogP contribution in [-0.2, 0) is 4.74 Å². The number of ether oxygens (including phenoxy) is 1. The molecule has 7 nitrogen and oxygen atoms in total. The number of amides is 1. The van der Waals surface area contributed by atoms with E-state index in [0.717, 1.165) is 5.39 Å². The predicted molar refractivity (Wildman–Crippen MR) is 85.8 cm³/mol. The number of para-hydroxylation sites is 1. The van der Waals surface area contributed by atoms with Gasteiger partial charge < -0.3 is 14.5 Å². The van der Waals surface area contributed by atoms with Crippen LogP contribution in [0.5, 0.6) is 0 Å². The quantitative estimate of drug-likeness (QED) is 0.786. The van der Waals surface area contributed by atoms with Gasteiger partial charge in [-0.2, -0.15) is 5.10 Å². The molecule has 1 fully saturated rings. The van der Waals surface area contributed by atoms with Gasteiger partial charge in [-0.05, 0) is 18.2 Å². The summed E-state index contributed by atoms with van der Waals surface area (Å²) in [4.78, 5) is 24.4. The molecule has 1 N–H and O–H groups in total. The average Bonchev–Trinajstić information content (AvgIpc) is 3.22. The first-order valence-corrected chi connectivity index (χ1v) is 7.63. The first kappa shape index (κ1) is 14.6. The van der Waals surface area contributed by atoms with Crippen LogP contribution in [0.1, 0.15) is 16.6 Å². The summed E-state index contributed by atoms with van der Waals surface area (Å²) < 4.78 is 12.3. The Hall–Kier alpha value is -2.93. The lowest BCUT2D eigenvalue weighted by molar-refractivity contribution is 0.0899. The molecule has 122 valence electrons. The van der Waals surface area contributed by atoms with Crippen molar-refractivity contribution in [2.75, 3.05) is 13.2 Å². The second-order valence-corrected chi connectivity index (χ2v) is 5.64. The van der Waals surface area contributed by atoms with Crippen molar-refractivity contribution in [3.05, 3.63) is 64.8 Å². The van der Waals surface area contributed by atoms with E-state index in [1.54, 1.807) is 18.2 Å². The maximum atomic E-state index is 12.5. The molecule has 2 aromatic heterocycles. The van der Waals surface area contributed by atoms with E-state index in [4.69, 9.17) is 9.15 Å². The smallest absolute Gasteiger partial charge is 0.287 e. The molecule has 0 aliphatic carbocycles. The molecule has 0 bridgehead atoms. The van der Waals surface area contributed by atoms with Crippen LogP contribution in [0.2, 0.25) is 0 Å². The molecule has 1 amide bonds. The summed E-state index contributed by atoms with van der Waals surface area (Å²) in [5, 5.41) is 7.81. The van der Waals surface area contributed by atoms with Gasteiger partial charge >= 0.3 is 0 Å². The number of benzene rings is 1. The molecule has 1 aliphatic heterocycles. The van der Waals surface area contributed by atoms with E-state index in [2.05, 4.69) is 10.4 Å². The number of aromatic nitrogens is 2. The van der Waals surface area contributed by atoms with E-state index >= 15 is 0 Å². The van der Waals surface area contributed by atoms with Crippen molar-refractivity contribution in [2.24, 2.45) is 0 Å². The SMILES string of the molecule is O=C(NC1COCC1n1ncccc1=O)c1cc2ccccc2o1. The molecule has 1 saturated heterocycles. The standard InChI is InChI=1S/C17H15N3O4/c21-16-6-3-7-18-20(16)13-10-23-9-12(13)19-17(22)15-8-11-4-1-2-5-14(11)24-15/h1-8,12-13H,9-10H2,(H,19,22). The largest absolute Gasteiger partial charge is 0.451 e. The van der Waals surface area contributed by atoms with Gasteiger partial charge in [0.25, 0.3) is 11.5 Å². The van der Waals surface area contributed by atoms with Crippen LogP contribution in [-0.4, -0.2) is 34.9 Å². The number of carbonyl (C=O) groups is 1. The molecule has 24 heavy (non-hydrogen) atoms. The van der Waals surface area contributed by atoms with Gasteiger partial charge in [-0.25, -0.2) is 4.68 Å². The van der Waals surface area contributed by atoms with Gasteiger partial charge in [0, 0.05) is 17.6 Å². The summed E-state index contributed by atoms with van der Waals surface area (Å²) in [6.07, 6.45) is 1.54. The van der Waals surface area contributed by atoms with Crippen molar-refractivity contribution in [1.29, 1.82) is 0 Å². The summed E-state index contributed by atoms with van der Waals surface area (Å²) in [6, 6.07) is 11.4. The molecule has 0 radical (unpaired) electrons. The molecule has 7 heteroatoms. The zero-order chi connectivity index (χ0) is 16.5. The van der Waals surface area contributed by atoms with E-state index in [0.29, 0.717) is 18.8 Å². The van der Waals surface area contributed by atoms with E-state index in [1.807, 2.05) is 18.2 Å². The molecule has 1 aromatic carbocycles. The van der Waals surface area contributed by atoms with Crippen LogP contribution in [0.15, 0.2) is 57.9 Å². The Morgan fingerprint density at radius 2 is 2.08 bits per heavy atom. The third-order valence-electron chi connectivity index (χ3n) is 4.07. The van der Waals surface area contributed by atoms with Crippen LogP contribution in [0.25, 0.3) is 11.0 Å². The van der Waals surface area contributed by atoms with E-state index in [9.17, 15) is 9.59 Å². The van der Waals surface area contributed by atoms with Crippen LogP contribution >= 0.6 is 0 Å². The summed E-state index contributed by atoms with van der Waals surface area (Å²) in [7, 11) is 0. The number of nitrogens with zero attached hydrogens (tertiary/aromatic N) is 2. The van der Waals surface area contributed by atoms with Crippen molar-refractivity contribution >= 4 is 16.9 Å². The van der Waals surface area contributed by atoms with Gasteiger partial charge in [-0.1, -0.05) is 18.2 Å². The van der Waals surface area contributed by atoms with Gasteiger partial charge in [-0.3, -0.25) is 9.59 Å². The minimum absolute atomic E-state index is 0.226. The highest BCUT2D eigenvalue weighted by Gasteiger charge is 2.33. The Morgan fingerprint density at radius 1 is 1.21 bits per heavy atom. The molecule has 3 heterocycles. The molecule has 2 atom stereocenters. The number of hydrogen-bond acceptors (Lipinski definition) is 5. The topological polar surface area (TPSA) is 86.4 Å². The maximum absolute atomic E-state index is 12.5. The zero-order valence-corrected chi connectivity index (χ0v) is 12.7. The number of rotatable bonds is 3. The lowest BCUT2D eigenvalue weighted by atomic mass is 10.1. The summed E-state index contributed by atoms with van der Waals surface area (Å²) >= 11 is 0. The molecular weight excluding hydrogens is 310 g/mol. The van der Waals surface area contributed by atoms with Gasteiger partial charge in [0.2, 0.25) is 0 Å². The Morgan fingerprint density at radius 3 is 2.92 bits per heavy atom. The summed E-state index contributed by atoms with van der Waals surface area (Å²) in [5.41, 5.74) is 0.429. The number of furan rings is 1. The molecule has 2 unspecified atom stereocenters. The van der Waals surface area contributed by atoms with Crippen molar-refractivity contribution in [3.63, 3.8) is 0 Å². The predicted octanol–water partition coefficient (Wildman–Crippen LogP) is 1.36. The van der Waals surface area contributed by atoms with Gasteiger partial charge in [0.15, 0.2) is 5.76 Å². The minimum atomic E-state index is -0.349. The first-order chi connectivity index (χ1) is 11.7. The number of hydrogen-bond donors (Lipinski definition) is 1. The Labute approximate surface area is 136 Å². The monoisotopic (exact) mass is 325 g/mol. The highest BCUT2D eigenvalue weighted by molar-refractivity contribution is 5.96. The normalized spacial score (nSPS) is 20.3. The lowest BCUT2D eigenvalue weighted by Gasteiger charge is -2.19. The Bertz CT molecular complexity index is 913. The molecule has 1 aliphatic rings. The third-order valence-corrected chi connectivity index (χ3v) is 4.07. The van der Waals surface area contributed by atoms with Crippen LogP contribution < -0.4 is 10.9 Å². The van der Waals surface area contributed by atoms with Crippen LogP contribution in [0.3, 0.4) is 0 Å². The zero-order valence-electron chi connectivity index (χ0n) is 12.7. The van der Waals surface area contributed by atoms with Crippen molar-refractivity contribution in [3.8, 4) is 0 Å². The molecule has 4 rings (SSSR count). The fraction of sp³-hybridized carbons (Fsp3) is 0.235. The van der Waals surface area contributed by atoms with Crippen LogP contribution in [0, 0.1) is 0 Å². The first-order valence-electron chi connectivity index (χ1n) is 7.63. The van der Waals surface area contributed by atoms with E-state index in [-0.39, 0.29) is 29.3 Å². The number of carbonyl (C=O) groups excluding carboxylic acids is 1. The summed E-state index contributed by atoms with van der Waals surface area (Å²) in [5.74, 6) is -0.106. The lowest BCUT2D eigenvalue weighted by Crippen LogP contribution is -2.43. The second-order valence-electron chi connectivity index (χ2n) is 5.64. The van der Waals surface area contributed by atoms with Gasteiger partial charge in [-0.15, -0.1) is 0 Å². The Balaban J connectivity index is 1.56. The molecule has 0 spiro atoms.